The van der Waals surface area contributed by atoms with Crippen molar-refractivity contribution in [1.29, 1.82) is 0 Å². The Bertz CT molecular complexity index is 467. The molecule has 0 bridgehead atoms. The number of likely N-dealkylation sites (N-methyl/N-ethyl adjacent to an activating group) is 1. The fourth-order valence-electron chi connectivity index (χ4n) is 2.69. The molecule has 1 fully saturated rings. The van der Waals surface area contributed by atoms with E-state index in [0.29, 0.717) is 0 Å². The Morgan fingerprint density at radius 3 is 2.29 bits per heavy atom. The van der Waals surface area contributed by atoms with Crippen molar-refractivity contribution in [3.8, 4) is 0 Å². The quantitative estimate of drug-likeness (QED) is 0.850. The zero-order chi connectivity index (χ0) is 15.4. The third kappa shape index (κ3) is 4.43. The average molecular weight is 310 g/mol. The highest BCUT2D eigenvalue weighted by atomic mass is 35.5. The van der Waals surface area contributed by atoms with Gasteiger partial charge in [0.2, 0.25) is 5.91 Å². The summed E-state index contributed by atoms with van der Waals surface area (Å²) in [5.74, 6) is 0.182. The molecule has 116 valence electrons. The number of rotatable bonds is 4. The second-order valence-corrected chi connectivity index (χ2v) is 6.28. The van der Waals surface area contributed by atoms with E-state index in [1.165, 1.54) is 5.56 Å². The number of hydrogen-bond acceptors (Lipinski definition) is 3. The third-order valence-corrected chi connectivity index (χ3v) is 4.32. The normalized spacial score (nSPS) is 18.5. The predicted molar refractivity (Wildman–Crippen MR) is 86.5 cm³/mol. The first-order chi connectivity index (χ1) is 9.97. The second-order valence-electron chi connectivity index (χ2n) is 5.85. The molecule has 0 radical (unpaired) electrons. The van der Waals surface area contributed by atoms with E-state index in [0.717, 1.165) is 37.7 Å². The minimum Gasteiger partial charge on any atom is -0.347 e. The van der Waals surface area contributed by atoms with Crippen LogP contribution < -0.4 is 0 Å². The summed E-state index contributed by atoms with van der Waals surface area (Å²) in [6, 6.07) is 7.99. The van der Waals surface area contributed by atoms with E-state index in [-0.39, 0.29) is 11.9 Å². The van der Waals surface area contributed by atoms with Gasteiger partial charge in [0.1, 0.15) is 0 Å². The second kappa shape index (κ2) is 7.25. The first-order valence-corrected chi connectivity index (χ1v) is 7.77. The number of benzene rings is 1. The fourth-order valence-corrected chi connectivity index (χ4v) is 2.81. The van der Waals surface area contributed by atoms with E-state index in [9.17, 15) is 4.79 Å². The molecule has 1 unspecified atom stereocenters. The van der Waals surface area contributed by atoms with Crippen molar-refractivity contribution in [2.75, 3.05) is 40.3 Å². The van der Waals surface area contributed by atoms with Crippen LogP contribution in [0, 0.1) is 0 Å². The lowest BCUT2D eigenvalue weighted by atomic mass is 10.1. The Labute approximate surface area is 132 Å². The topological polar surface area (TPSA) is 26.8 Å². The van der Waals surface area contributed by atoms with Crippen molar-refractivity contribution in [1.82, 2.24) is 14.7 Å². The van der Waals surface area contributed by atoms with Gasteiger partial charge in [-0.2, -0.15) is 0 Å². The zero-order valence-corrected chi connectivity index (χ0v) is 13.8. The minimum atomic E-state index is -0.0299. The zero-order valence-electron chi connectivity index (χ0n) is 13.1. The predicted octanol–water partition coefficient (Wildman–Crippen LogP) is 1.93. The average Bonchev–Trinajstić information content (AvgIpc) is 2.49. The molecule has 1 atom stereocenters. The molecule has 5 heteroatoms. The number of hydrogen-bond donors (Lipinski definition) is 0. The maximum absolute atomic E-state index is 12.0. The van der Waals surface area contributed by atoms with Gasteiger partial charge in [-0.3, -0.25) is 14.6 Å². The Hall–Kier alpha value is -1.10. The molecule has 0 aromatic heterocycles. The van der Waals surface area contributed by atoms with E-state index < -0.39 is 0 Å². The molecular weight excluding hydrogens is 286 g/mol. The molecular formula is C16H24ClN3O. The summed E-state index contributed by atoms with van der Waals surface area (Å²) in [6.07, 6.45) is 0. The van der Waals surface area contributed by atoms with Crippen LogP contribution in [0.2, 0.25) is 5.02 Å². The van der Waals surface area contributed by atoms with Crippen LogP contribution >= 0.6 is 11.6 Å². The summed E-state index contributed by atoms with van der Waals surface area (Å²) in [7, 11) is 3.63. The van der Waals surface area contributed by atoms with E-state index >= 15 is 0 Å². The Kier molecular flexibility index (Phi) is 5.62. The highest BCUT2D eigenvalue weighted by Crippen LogP contribution is 2.14. The maximum atomic E-state index is 12.0. The Balaban J connectivity index is 1.83. The van der Waals surface area contributed by atoms with Crippen molar-refractivity contribution in [2.24, 2.45) is 0 Å². The van der Waals surface area contributed by atoms with Gasteiger partial charge in [-0.25, -0.2) is 0 Å². The van der Waals surface area contributed by atoms with E-state index in [1.807, 2.05) is 33.2 Å². The number of piperazine rings is 1. The van der Waals surface area contributed by atoms with Crippen LogP contribution in [0.4, 0.5) is 0 Å². The Morgan fingerprint density at radius 2 is 1.76 bits per heavy atom. The number of halogens is 1. The highest BCUT2D eigenvalue weighted by molar-refractivity contribution is 6.30. The summed E-state index contributed by atoms with van der Waals surface area (Å²) >= 11 is 5.91. The molecule has 1 saturated heterocycles. The smallest absolute Gasteiger partial charge is 0.239 e. The van der Waals surface area contributed by atoms with Crippen LogP contribution in [-0.2, 0) is 11.3 Å². The first kappa shape index (κ1) is 16.3. The monoisotopic (exact) mass is 309 g/mol. The van der Waals surface area contributed by atoms with Crippen molar-refractivity contribution in [3.05, 3.63) is 34.9 Å². The van der Waals surface area contributed by atoms with Gasteiger partial charge in [-0.15, -0.1) is 0 Å². The van der Waals surface area contributed by atoms with E-state index in [4.69, 9.17) is 11.6 Å². The highest BCUT2D eigenvalue weighted by Gasteiger charge is 2.26. The first-order valence-electron chi connectivity index (χ1n) is 7.39. The fraction of sp³-hybridized carbons (Fsp3) is 0.562. The number of carbonyl (C=O) groups excluding carboxylic acids is 1. The molecule has 0 aliphatic carbocycles. The van der Waals surface area contributed by atoms with E-state index in [1.54, 1.807) is 4.90 Å². The van der Waals surface area contributed by atoms with Gasteiger partial charge < -0.3 is 4.90 Å². The Morgan fingerprint density at radius 1 is 1.19 bits per heavy atom. The maximum Gasteiger partial charge on any atom is 0.239 e. The molecule has 0 N–H and O–H groups in total. The lowest BCUT2D eigenvalue weighted by Gasteiger charge is -2.38. The van der Waals surface area contributed by atoms with E-state index in [2.05, 4.69) is 21.9 Å². The molecule has 1 aliphatic heterocycles. The molecule has 1 aromatic carbocycles. The number of amides is 1. The molecule has 1 amide bonds. The molecule has 1 aromatic rings. The summed E-state index contributed by atoms with van der Waals surface area (Å²) in [4.78, 5) is 18.4. The molecule has 1 aliphatic rings. The lowest BCUT2D eigenvalue weighted by Crippen LogP contribution is -2.53. The van der Waals surface area contributed by atoms with Gasteiger partial charge >= 0.3 is 0 Å². The molecule has 21 heavy (non-hydrogen) atoms. The van der Waals surface area contributed by atoms with Gasteiger partial charge in [-0.05, 0) is 24.6 Å². The van der Waals surface area contributed by atoms with Crippen LogP contribution in [0.1, 0.15) is 12.5 Å². The van der Waals surface area contributed by atoms with Crippen molar-refractivity contribution in [2.45, 2.75) is 19.5 Å². The van der Waals surface area contributed by atoms with Gasteiger partial charge in [0.05, 0.1) is 6.04 Å². The summed E-state index contributed by atoms with van der Waals surface area (Å²) in [5.41, 5.74) is 1.28. The van der Waals surface area contributed by atoms with Crippen LogP contribution in [0.5, 0.6) is 0 Å². The standard InChI is InChI=1S/C16H24ClN3O/c1-13(16(21)18(2)3)20-10-8-19(9-11-20)12-14-4-6-15(17)7-5-14/h4-7,13H,8-12H2,1-3H3. The SMILES string of the molecule is CC(C(=O)N(C)C)N1CCN(Cc2ccc(Cl)cc2)CC1. The lowest BCUT2D eigenvalue weighted by molar-refractivity contribution is -0.134. The van der Waals surface area contributed by atoms with Gasteiger partial charge in [0.15, 0.2) is 0 Å². The number of carbonyl (C=O) groups is 1. The molecule has 2 rings (SSSR count). The van der Waals surface area contributed by atoms with Crippen molar-refractivity contribution >= 4 is 17.5 Å². The molecule has 1 heterocycles. The minimum absolute atomic E-state index is 0.0299. The number of nitrogens with zero attached hydrogens (tertiary/aromatic N) is 3. The van der Waals surface area contributed by atoms with Gasteiger partial charge in [-0.1, -0.05) is 23.7 Å². The molecule has 0 saturated carbocycles. The van der Waals surface area contributed by atoms with Crippen molar-refractivity contribution < 1.29 is 4.79 Å². The molecule has 0 spiro atoms. The summed E-state index contributed by atoms with van der Waals surface area (Å²) in [6.45, 7) is 6.81. The van der Waals surface area contributed by atoms with Gasteiger partial charge in [0, 0.05) is 51.8 Å². The molecule has 4 nitrogen and oxygen atoms in total. The van der Waals surface area contributed by atoms with Crippen LogP contribution in [0.25, 0.3) is 0 Å². The van der Waals surface area contributed by atoms with Crippen LogP contribution in [0.15, 0.2) is 24.3 Å². The largest absolute Gasteiger partial charge is 0.347 e. The summed E-state index contributed by atoms with van der Waals surface area (Å²) < 4.78 is 0. The van der Waals surface area contributed by atoms with Crippen LogP contribution in [0.3, 0.4) is 0 Å². The third-order valence-electron chi connectivity index (χ3n) is 4.07. The van der Waals surface area contributed by atoms with Crippen molar-refractivity contribution in [3.63, 3.8) is 0 Å². The summed E-state index contributed by atoms with van der Waals surface area (Å²) in [5, 5.41) is 0.777. The van der Waals surface area contributed by atoms with Gasteiger partial charge in [0.25, 0.3) is 0 Å². The van der Waals surface area contributed by atoms with Crippen LogP contribution in [-0.4, -0.2) is 66.9 Å².